The van der Waals surface area contributed by atoms with Gasteiger partial charge in [0.2, 0.25) is 0 Å². The number of carbonyl (C=O) groups is 2. The Morgan fingerprint density at radius 2 is 1.84 bits per heavy atom. The molecule has 0 saturated heterocycles. The minimum Gasteiger partial charge on any atom is -0.460 e. The van der Waals surface area contributed by atoms with Gasteiger partial charge in [0, 0.05) is 18.1 Å². The molecule has 1 aromatic carbocycles. The van der Waals surface area contributed by atoms with Gasteiger partial charge in [-0.05, 0) is 25.3 Å². The van der Waals surface area contributed by atoms with Crippen molar-refractivity contribution in [3.8, 4) is 0 Å². The van der Waals surface area contributed by atoms with Gasteiger partial charge in [-0.3, -0.25) is 4.79 Å². The Morgan fingerprint density at radius 3 is 2.32 bits per heavy atom. The van der Waals surface area contributed by atoms with Crippen LogP contribution in [0, 0.1) is 0 Å². The fourth-order valence-corrected chi connectivity index (χ4v) is 2.23. The summed E-state index contributed by atoms with van der Waals surface area (Å²) >= 11 is 0. The third kappa shape index (κ3) is 2.84. The monoisotopic (exact) mass is 262 g/mol. The normalized spacial score (nSPS) is 15.9. The molecule has 0 atom stereocenters. The molecule has 4 nitrogen and oxygen atoms in total. The zero-order valence-corrected chi connectivity index (χ0v) is 11.3. The molecule has 0 bridgehead atoms. The van der Waals surface area contributed by atoms with Crippen LogP contribution < -0.4 is 0 Å². The lowest BCUT2D eigenvalue weighted by molar-refractivity contribution is -0.137. The SMILES string of the molecule is CCOC(=O)C(=O)c1ccc(C2(COC)CC2)cc1. The zero-order chi connectivity index (χ0) is 13.9. The highest BCUT2D eigenvalue weighted by molar-refractivity contribution is 6.40. The number of benzene rings is 1. The molecule has 4 heteroatoms. The van der Waals surface area contributed by atoms with E-state index in [0.29, 0.717) is 12.2 Å². The summed E-state index contributed by atoms with van der Waals surface area (Å²) in [6.07, 6.45) is 2.21. The molecule has 0 spiro atoms. The average molecular weight is 262 g/mol. The van der Waals surface area contributed by atoms with Gasteiger partial charge in [-0.2, -0.15) is 0 Å². The van der Waals surface area contributed by atoms with E-state index >= 15 is 0 Å². The van der Waals surface area contributed by atoms with Crippen LogP contribution in [0.5, 0.6) is 0 Å². The smallest absolute Gasteiger partial charge is 0.379 e. The van der Waals surface area contributed by atoms with E-state index in [1.165, 1.54) is 0 Å². The number of hydrogen-bond acceptors (Lipinski definition) is 4. The first-order valence-electron chi connectivity index (χ1n) is 6.44. The maximum absolute atomic E-state index is 11.7. The summed E-state index contributed by atoms with van der Waals surface area (Å²) < 4.78 is 9.93. The van der Waals surface area contributed by atoms with Crippen LogP contribution in [-0.4, -0.2) is 32.1 Å². The molecule has 1 fully saturated rings. The number of ether oxygens (including phenoxy) is 2. The summed E-state index contributed by atoms with van der Waals surface area (Å²) in [5, 5.41) is 0. The van der Waals surface area contributed by atoms with Crippen LogP contribution in [0.4, 0.5) is 0 Å². The van der Waals surface area contributed by atoms with Crippen molar-refractivity contribution >= 4 is 11.8 Å². The summed E-state index contributed by atoms with van der Waals surface area (Å²) in [5.74, 6) is -1.39. The molecule has 2 rings (SSSR count). The molecular weight excluding hydrogens is 244 g/mol. The van der Waals surface area contributed by atoms with Gasteiger partial charge >= 0.3 is 5.97 Å². The molecule has 0 heterocycles. The topological polar surface area (TPSA) is 52.6 Å². The molecule has 1 saturated carbocycles. The Morgan fingerprint density at radius 1 is 1.21 bits per heavy atom. The third-order valence-electron chi connectivity index (χ3n) is 3.49. The van der Waals surface area contributed by atoms with Crippen molar-refractivity contribution in [1.29, 1.82) is 0 Å². The molecule has 0 aliphatic heterocycles. The van der Waals surface area contributed by atoms with E-state index in [1.54, 1.807) is 26.2 Å². The van der Waals surface area contributed by atoms with Crippen LogP contribution >= 0.6 is 0 Å². The zero-order valence-electron chi connectivity index (χ0n) is 11.3. The van der Waals surface area contributed by atoms with Crippen molar-refractivity contribution in [1.82, 2.24) is 0 Å². The van der Waals surface area contributed by atoms with Gasteiger partial charge in [-0.25, -0.2) is 4.79 Å². The van der Waals surface area contributed by atoms with E-state index in [9.17, 15) is 9.59 Å². The molecule has 1 aliphatic rings. The maximum Gasteiger partial charge on any atom is 0.379 e. The van der Waals surface area contributed by atoms with Crippen molar-refractivity contribution in [3.05, 3.63) is 35.4 Å². The molecule has 0 aromatic heterocycles. The third-order valence-corrected chi connectivity index (χ3v) is 3.49. The van der Waals surface area contributed by atoms with Gasteiger partial charge < -0.3 is 9.47 Å². The lowest BCUT2D eigenvalue weighted by Gasteiger charge is -2.14. The van der Waals surface area contributed by atoms with E-state index < -0.39 is 11.8 Å². The molecule has 0 radical (unpaired) electrons. The van der Waals surface area contributed by atoms with Crippen LogP contribution in [0.3, 0.4) is 0 Å². The van der Waals surface area contributed by atoms with Crippen LogP contribution in [0.25, 0.3) is 0 Å². The summed E-state index contributed by atoms with van der Waals surface area (Å²) in [6.45, 7) is 2.58. The molecule has 19 heavy (non-hydrogen) atoms. The summed E-state index contributed by atoms with van der Waals surface area (Å²) in [5.41, 5.74) is 1.64. The quantitative estimate of drug-likeness (QED) is 0.447. The fraction of sp³-hybridized carbons (Fsp3) is 0.467. The molecule has 1 aliphatic carbocycles. The highest BCUT2D eigenvalue weighted by Crippen LogP contribution is 2.48. The summed E-state index contributed by atoms with van der Waals surface area (Å²) in [6, 6.07) is 7.17. The molecule has 0 N–H and O–H groups in total. The number of methoxy groups -OCH3 is 1. The van der Waals surface area contributed by atoms with E-state index in [4.69, 9.17) is 9.47 Å². The average Bonchev–Trinajstić information content (AvgIpc) is 3.20. The van der Waals surface area contributed by atoms with Crippen molar-refractivity contribution in [3.63, 3.8) is 0 Å². The Labute approximate surface area is 112 Å². The highest BCUT2D eigenvalue weighted by atomic mass is 16.5. The Balaban J connectivity index is 2.11. The van der Waals surface area contributed by atoms with Crippen LogP contribution in [0.2, 0.25) is 0 Å². The molecule has 1 aromatic rings. The van der Waals surface area contributed by atoms with Crippen LogP contribution in [0.1, 0.15) is 35.7 Å². The number of carbonyl (C=O) groups excluding carboxylic acids is 2. The molecule has 0 unspecified atom stereocenters. The lowest BCUT2D eigenvalue weighted by Crippen LogP contribution is -2.18. The first kappa shape index (κ1) is 13.7. The first-order chi connectivity index (χ1) is 9.13. The highest BCUT2D eigenvalue weighted by Gasteiger charge is 2.44. The minimum atomic E-state index is -0.798. The van der Waals surface area contributed by atoms with E-state index in [2.05, 4.69) is 0 Å². The summed E-state index contributed by atoms with van der Waals surface area (Å²) in [7, 11) is 1.69. The van der Waals surface area contributed by atoms with Gasteiger partial charge in [0.25, 0.3) is 5.78 Å². The van der Waals surface area contributed by atoms with Gasteiger partial charge in [-0.15, -0.1) is 0 Å². The number of Topliss-reactive ketones (excluding diaryl/α,β-unsaturated/α-hetero) is 1. The number of ketones is 1. The van der Waals surface area contributed by atoms with Crippen molar-refractivity contribution in [2.75, 3.05) is 20.3 Å². The second-order valence-corrected chi connectivity index (χ2v) is 4.84. The van der Waals surface area contributed by atoms with E-state index in [-0.39, 0.29) is 12.0 Å². The molecule has 102 valence electrons. The minimum absolute atomic E-state index is 0.111. The predicted octanol–water partition coefficient (Wildman–Crippen LogP) is 2.11. The standard InChI is InChI=1S/C15H18O4/c1-3-19-14(17)13(16)11-4-6-12(7-5-11)15(8-9-15)10-18-2/h4-7H,3,8-10H2,1-2H3. The number of esters is 1. The number of hydrogen-bond donors (Lipinski definition) is 0. The Hall–Kier alpha value is -1.68. The fourth-order valence-electron chi connectivity index (χ4n) is 2.23. The van der Waals surface area contributed by atoms with Crippen molar-refractivity contribution in [2.24, 2.45) is 0 Å². The van der Waals surface area contributed by atoms with Crippen LogP contribution in [0.15, 0.2) is 24.3 Å². The van der Waals surface area contributed by atoms with Crippen LogP contribution in [-0.2, 0) is 19.7 Å². The van der Waals surface area contributed by atoms with Gasteiger partial charge in [0.1, 0.15) is 0 Å². The Kier molecular flexibility index (Phi) is 4.00. The van der Waals surface area contributed by atoms with Crippen molar-refractivity contribution < 1.29 is 19.1 Å². The first-order valence-corrected chi connectivity index (χ1v) is 6.44. The Bertz CT molecular complexity index is 471. The predicted molar refractivity (Wildman–Crippen MR) is 70.2 cm³/mol. The lowest BCUT2D eigenvalue weighted by atomic mass is 9.95. The second kappa shape index (κ2) is 5.53. The van der Waals surface area contributed by atoms with Gasteiger partial charge in [0.15, 0.2) is 0 Å². The summed E-state index contributed by atoms with van der Waals surface area (Å²) in [4.78, 5) is 23.1. The molecular formula is C15H18O4. The van der Waals surface area contributed by atoms with E-state index in [0.717, 1.165) is 18.4 Å². The molecule has 0 amide bonds. The van der Waals surface area contributed by atoms with Crippen molar-refractivity contribution in [2.45, 2.75) is 25.2 Å². The second-order valence-electron chi connectivity index (χ2n) is 4.84. The maximum atomic E-state index is 11.7. The number of rotatable bonds is 6. The van der Waals surface area contributed by atoms with Gasteiger partial charge in [-0.1, -0.05) is 24.3 Å². The van der Waals surface area contributed by atoms with E-state index in [1.807, 2.05) is 12.1 Å². The van der Waals surface area contributed by atoms with Gasteiger partial charge in [0.05, 0.1) is 13.2 Å². The largest absolute Gasteiger partial charge is 0.460 e.